The standard InChI is InChI=1S/C21H22BrNO3/c1-21(2,3)26-20(24)23-12-14-5-4-6-15(9-14)16-7-8-19-18(10-16)17(11-22)13-25-19/h4-10,13H,11-12H2,1-3H3,(H,23,24). The molecule has 0 aliphatic heterocycles. The number of fused-ring (bicyclic) bond motifs is 1. The average Bonchev–Trinajstić information content (AvgIpc) is 3.01. The number of amides is 1. The number of halogens is 1. The quantitative estimate of drug-likeness (QED) is 0.529. The Morgan fingerprint density at radius 3 is 2.65 bits per heavy atom. The van der Waals surface area contributed by atoms with Gasteiger partial charge in [-0.25, -0.2) is 4.79 Å². The van der Waals surface area contributed by atoms with E-state index in [2.05, 4.69) is 39.4 Å². The molecule has 1 N–H and O–H groups in total. The van der Waals surface area contributed by atoms with E-state index in [1.165, 1.54) is 0 Å². The van der Waals surface area contributed by atoms with Crippen molar-refractivity contribution in [2.45, 2.75) is 38.2 Å². The highest BCUT2D eigenvalue weighted by molar-refractivity contribution is 9.08. The van der Waals surface area contributed by atoms with Gasteiger partial charge in [-0.3, -0.25) is 0 Å². The second kappa shape index (κ2) is 7.54. The first-order chi connectivity index (χ1) is 12.4. The summed E-state index contributed by atoms with van der Waals surface area (Å²) in [6, 6.07) is 14.3. The Hall–Kier alpha value is -2.27. The summed E-state index contributed by atoms with van der Waals surface area (Å²) >= 11 is 3.49. The number of carbonyl (C=O) groups excluding carboxylic acids is 1. The van der Waals surface area contributed by atoms with Crippen molar-refractivity contribution in [1.29, 1.82) is 0 Å². The highest BCUT2D eigenvalue weighted by Gasteiger charge is 2.15. The fourth-order valence-electron chi connectivity index (χ4n) is 2.71. The summed E-state index contributed by atoms with van der Waals surface area (Å²) < 4.78 is 10.8. The molecule has 0 radical (unpaired) electrons. The number of nitrogens with one attached hydrogen (secondary N) is 1. The van der Waals surface area contributed by atoms with E-state index >= 15 is 0 Å². The minimum atomic E-state index is -0.501. The van der Waals surface area contributed by atoms with E-state index in [0.29, 0.717) is 6.54 Å². The second-order valence-electron chi connectivity index (χ2n) is 7.16. The van der Waals surface area contributed by atoms with E-state index in [0.717, 1.165) is 38.6 Å². The van der Waals surface area contributed by atoms with Gasteiger partial charge in [0.05, 0.1) is 6.26 Å². The normalized spacial score (nSPS) is 11.5. The van der Waals surface area contributed by atoms with Crippen LogP contribution in [0.2, 0.25) is 0 Å². The van der Waals surface area contributed by atoms with E-state index in [1.54, 1.807) is 6.26 Å². The molecule has 3 aromatic rings. The molecular weight excluding hydrogens is 394 g/mol. The van der Waals surface area contributed by atoms with Crippen LogP contribution in [0.4, 0.5) is 4.79 Å². The van der Waals surface area contributed by atoms with Gasteiger partial charge in [0.15, 0.2) is 0 Å². The molecule has 0 bridgehead atoms. The molecule has 0 spiro atoms. The predicted molar refractivity (Wildman–Crippen MR) is 107 cm³/mol. The smallest absolute Gasteiger partial charge is 0.407 e. The van der Waals surface area contributed by atoms with Crippen LogP contribution < -0.4 is 5.32 Å². The first-order valence-corrected chi connectivity index (χ1v) is 9.60. The second-order valence-corrected chi connectivity index (χ2v) is 7.72. The highest BCUT2D eigenvalue weighted by Crippen LogP contribution is 2.29. The fraction of sp³-hybridized carbons (Fsp3) is 0.286. The van der Waals surface area contributed by atoms with Crippen molar-refractivity contribution in [2.75, 3.05) is 0 Å². The predicted octanol–water partition coefficient (Wildman–Crippen LogP) is 6.02. The van der Waals surface area contributed by atoms with Crippen LogP contribution in [0.1, 0.15) is 31.9 Å². The lowest BCUT2D eigenvalue weighted by Gasteiger charge is -2.19. The molecule has 3 rings (SSSR count). The van der Waals surface area contributed by atoms with Gasteiger partial charge in [0.1, 0.15) is 11.2 Å². The van der Waals surface area contributed by atoms with E-state index in [1.807, 2.05) is 45.0 Å². The van der Waals surface area contributed by atoms with Gasteiger partial charge >= 0.3 is 6.09 Å². The van der Waals surface area contributed by atoms with E-state index < -0.39 is 11.7 Å². The molecular formula is C21H22BrNO3. The van der Waals surface area contributed by atoms with Gasteiger partial charge in [-0.15, -0.1) is 0 Å². The number of benzene rings is 2. The summed E-state index contributed by atoms with van der Waals surface area (Å²) in [4.78, 5) is 11.8. The Morgan fingerprint density at radius 2 is 1.92 bits per heavy atom. The van der Waals surface area contributed by atoms with Gasteiger partial charge in [-0.05, 0) is 55.7 Å². The van der Waals surface area contributed by atoms with Crippen molar-refractivity contribution in [1.82, 2.24) is 5.32 Å². The molecule has 0 fully saturated rings. The number of rotatable bonds is 4. The number of hydrogen-bond acceptors (Lipinski definition) is 3. The molecule has 0 unspecified atom stereocenters. The van der Waals surface area contributed by atoms with Crippen LogP contribution in [-0.4, -0.2) is 11.7 Å². The van der Waals surface area contributed by atoms with E-state index in [4.69, 9.17) is 9.15 Å². The summed E-state index contributed by atoms with van der Waals surface area (Å²) in [5.74, 6) is 0. The summed E-state index contributed by atoms with van der Waals surface area (Å²) in [6.45, 7) is 5.96. The molecule has 5 heteroatoms. The lowest BCUT2D eigenvalue weighted by atomic mass is 10.0. The van der Waals surface area contributed by atoms with E-state index in [9.17, 15) is 4.79 Å². The Kier molecular flexibility index (Phi) is 5.37. The number of alkyl carbamates (subject to hydrolysis) is 1. The van der Waals surface area contributed by atoms with Crippen LogP contribution in [0, 0.1) is 0 Å². The van der Waals surface area contributed by atoms with Gasteiger partial charge < -0.3 is 14.5 Å². The van der Waals surface area contributed by atoms with Gasteiger partial charge in [0.25, 0.3) is 0 Å². The molecule has 1 amide bonds. The number of hydrogen-bond donors (Lipinski definition) is 1. The van der Waals surface area contributed by atoms with Crippen molar-refractivity contribution in [2.24, 2.45) is 0 Å². The monoisotopic (exact) mass is 415 g/mol. The molecule has 0 saturated heterocycles. The topological polar surface area (TPSA) is 51.5 Å². The summed E-state index contributed by atoms with van der Waals surface area (Å²) in [7, 11) is 0. The Labute approximate surface area is 161 Å². The molecule has 4 nitrogen and oxygen atoms in total. The summed E-state index contributed by atoms with van der Waals surface area (Å²) in [5, 5.41) is 4.66. The van der Waals surface area contributed by atoms with Crippen molar-refractivity contribution in [3.05, 3.63) is 59.9 Å². The maximum atomic E-state index is 11.8. The average molecular weight is 416 g/mol. The van der Waals surface area contributed by atoms with Crippen LogP contribution in [0.3, 0.4) is 0 Å². The Morgan fingerprint density at radius 1 is 1.15 bits per heavy atom. The van der Waals surface area contributed by atoms with Crippen molar-refractivity contribution < 1.29 is 13.9 Å². The van der Waals surface area contributed by atoms with Crippen molar-refractivity contribution >= 4 is 33.0 Å². The van der Waals surface area contributed by atoms with Gasteiger partial charge in [-0.2, -0.15) is 0 Å². The third kappa shape index (κ3) is 4.47. The van der Waals surface area contributed by atoms with Crippen LogP contribution in [0.25, 0.3) is 22.1 Å². The van der Waals surface area contributed by atoms with Crippen LogP contribution in [-0.2, 0) is 16.6 Å². The molecule has 0 aliphatic carbocycles. The first kappa shape index (κ1) is 18.5. The molecule has 0 aliphatic rings. The lowest BCUT2D eigenvalue weighted by Crippen LogP contribution is -2.32. The SMILES string of the molecule is CC(C)(C)OC(=O)NCc1cccc(-c2ccc3occ(CBr)c3c2)c1. The number of furan rings is 1. The summed E-state index contributed by atoms with van der Waals surface area (Å²) in [5.41, 5.74) is 4.73. The van der Waals surface area contributed by atoms with Crippen molar-refractivity contribution in [3.63, 3.8) is 0 Å². The number of carbonyl (C=O) groups is 1. The van der Waals surface area contributed by atoms with Crippen LogP contribution in [0.15, 0.2) is 53.1 Å². The number of ether oxygens (including phenoxy) is 1. The zero-order valence-corrected chi connectivity index (χ0v) is 16.7. The van der Waals surface area contributed by atoms with Gasteiger partial charge in [0.2, 0.25) is 0 Å². The zero-order chi connectivity index (χ0) is 18.7. The first-order valence-electron chi connectivity index (χ1n) is 8.48. The molecule has 0 saturated carbocycles. The molecule has 26 heavy (non-hydrogen) atoms. The van der Waals surface area contributed by atoms with E-state index in [-0.39, 0.29) is 0 Å². The lowest BCUT2D eigenvalue weighted by molar-refractivity contribution is 0.0523. The third-order valence-corrected chi connectivity index (χ3v) is 4.50. The largest absolute Gasteiger partial charge is 0.464 e. The Bertz CT molecular complexity index is 924. The maximum absolute atomic E-state index is 11.8. The summed E-state index contributed by atoms with van der Waals surface area (Å²) in [6.07, 6.45) is 1.37. The molecule has 1 heterocycles. The molecule has 136 valence electrons. The van der Waals surface area contributed by atoms with Crippen LogP contribution in [0.5, 0.6) is 0 Å². The minimum Gasteiger partial charge on any atom is -0.464 e. The zero-order valence-electron chi connectivity index (χ0n) is 15.1. The minimum absolute atomic E-state index is 0.412. The highest BCUT2D eigenvalue weighted by atomic mass is 79.9. The number of alkyl halides is 1. The van der Waals surface area contributed by atoms with Crippen molar-refractivity contribution in [3.8, 4) is 11.1 Å². The van der Waals surface area contributed by atoms with Gasteiger partial charge in [-0.1, -0.05) is 40.2 Å². The van der Waals surface area contributed by atoms with Crippen LogP contribution >= 0.6 is 15.9 Å². The van der Waals surface area contributed by atoms with Gasteiger partial charge in [0, 0.05) is 22.8 Å². The molecule has 0 atom stereocenters. The Balaban J connectivity index is 1.78. The molecule has 1 aromatic heterocycles. The molecule has 2 aromatic carbocycles. The third-order valence-electron chi connectivity index (χ3n) is 3.89. The maximum Gasteiger partial charge on any atom is 0.407 e. The fourth-order valence-corrected chi connectivity index (χ4v) is 3.15.